The van der Waals surface area contributed by atoms with Gasteiger partial charge in [-0.15, -0.1) is 0 Å². The van der Waals surface area contributed by atoms with Gasteiger partial charge >= 0.3 is 6.03 Å². The summed E-state index contributed by atoms with van der Waals surface area (Å²) in [6.45, 7) is 0.306. The van der Waals surface area contributed by atoms with E-state index in [1.807, 2.05) is 4.72 Å². The molecule has 1 aromatic carbocycles. The lowest BCUT2D eigenvalue weighted by Crippen LogP contribution is -2.34. The SMILES string of the molecule is NCc1ccc(S(=O)(=O)NC(=O)Nc2cnccn2)cc1. The third kappa shape index (κ3) is 3.97. The zero-order valence-corrected chi connectivity index (χ0v) is 11.7. The molecule has 2 rings (SSSR count). The van der Waals surface area contributed by atoms with Crippen molar-refractivity contribution >= 4 is 21.9 Å². The van der Waals surface area contributed by atoms with Crippen molar-refractivity contribution in [2.75, 3.05) is 5.32 Å². The number of carbonyl (C=O) groups is 1. The zero-order valence-electron chi connectivity index (χ0n) is 10.9. The van der Waals surface area contributed by atoms with E-state index in [-0.39, 0.29) is 10.7 Å². The van der Waals surface area contributed by atoms with Crippen molar-refractivity contribution in [3.63, 3.8) is 0 Å². The van der Waals surface area contributed by atoms with E-state index in [1.165, 1.54) is 30.7 Å². The second-order valence-corrected chi connectivity index (χ2v) is 5.68. The normalized spacial score (nSPS) is 10.9. The summed E-state index contributed by atoms with van der Waals surface area (Å²) in [6, 6.07) is 4.99. The minimum absolute atomic E-state index is 0.0333. The van der Waals surface area contributed by atoms with Crippen LogP contribution in [-0.4, -0.2) is 24.4 Å². The van der Waals surface area contributed by atoms with Crippen LogP contribution in [0.4, 0.5) is 10.6 Å². The maximum Gasteiger partial charge on any atom is 0.334 e. The van der Waals surface area contributed by atoms with E-state index >= 15 is 0 Å². The molecule has 0 fully saturated rings. The molecule has 8 nitrogen and oxygen atoms in total. The third-order valence-corrected chi connectivity index (χ3v) is 3.85. The largest absolute Gasteiger partial charge is 0.334 e. The van der Waals surface area contributed by atoms with Crippen LogP contribution in [0.25, 0.3) is 0 Å². The van der Waals surface area contributed by atoms with E-state index in [0.29, 0.717) is 6.54 Å². The highest BCUT2D eigenvalue weighted by atomic mass is 32.2. The highest BCUT2D eigenvalue weighted by molar-refractivity contribution is 7.90. The molecule has 4 N–H and O–H groups in total. The number of sulfonamides is 1. The number of aromatic nitrogens is 2. The molecule has 2 aromatic rings. The van der Waals surface area contributed by atoms with Crippen LogP contribution in [0.1, 0.15) is 5.56 Å². The number of amides is 2. The van der Waals surface area contributed by atoms with Gasteiger partial charge < -0.3 is 5.73 Å². The Labute approximate surface area is 121 Å². The molecule has 0 aliphatic rings. The first-order valence-corrected chi connectivity index (χ1v) is 7.38. The van der Waals surface area contributed by atoms with Crippen LogP contribution in [0.5, 0.6) is 0 Å². The highest BCUT2D eigenvalue weighted by Crippen LogP contribution is 2.10. The number of urea groups is 1. The molecule has 0 unspecified atom stereocenters. The molecule has 9 heteroatoms. The molecule has 0 saturated heterocycles. The molecular weight excluding hydrogens is 294 g/mol. The second kappa shape index (κ2) is 6.29. The fraction of sp³-hybridized carbons (Fsp3) is 0.0833. The first-order valence-electron chi connectivity index (χ1n) is 5.90. The smallest absolute Gasteiger partial charge is 0.326 e. The van der Waals surface area contributed by atoms with Crippen molar-refractivity contribution in [2.24, 2.45) is 5.73 Å². The van der Waals surface area contributed by atoms with E-state index in [1.54, 1.807) is 12.1 Å². The first kappa shape index (κ1) is 14.9. The van der Waals surface area contributed by atoms with E-state index in [9.17, 15) is 13.2 Å². The van der Waals surface area contributed by atoms with Gasteiger partial charge in [0.25, 0.3) is 10.0 Å². The van der Waals surface area contributed by atoms with Gasteiger partial charge in [0, 0.05) is 18.9 Å². The van der Waals surface area contributed by atoms with Crippen LogP contribution in [0.15, 0.2) is 47.8 Å². The molecule has 0 saturated carbocycles. The molecule has 2 amide bonds. The highest BCUT2D eigenvalue weighted by Gasteiger charge is 2.17. The molecule has 0 radical (unpaired) electrons. The fourth-order valence-electron chi connectivity index (χ4n) is 1.49. The lowest BCUT2D eigenvalue weighted by molar-refractivity contribution is 0.256. The van der Waals surface area contributed by atoms with E-state index in [0.717, 1.165) is 5.56 Å². The Kier molecular flexibility index (Phi) is 4.45. The number of benzene rings is 1. The van der Waals surface area contributed by atoms with Gasteiger partial charge in [-0.05, 0) is 17.7 Å². The quantitative estimate of drug-likeness (QED) is 0.752. The van der Waals surface area contributed by atoms with Gasteiger partial charge in [-0.1, -0.05) is 12.1 Å². The number of rotatable bonds is 4. The number of nitrogens with one attached hydrogen (secondary N) is 2. The Hall–Kier alpha value is -2.52. The van der Waals surface area contributed by atoms with Crippen LogP contribution in [-0.2, 0) is 16.6 Å². The minimum atomic E-state index is -3.96. The van der Waals surface area contributed by atoms with Crippen molar-refractivity contribution in [2.45, 2.75) is 11.4 Å². The zero-order chi connectivity index (χ0) is 15.3. The van der Waals surface area contributed by atoms with Crippen molar-refractivity contribution in [1.29, 1.82) is 0 Å². The number of carbonyl (C=O) groups excluding carboxylic acids is 1. The van der Waals surface area contributed by atoms with Crippen LogP contribution in [0.2, 0.25) is 0 Å². The molecule has 21 heavy (non-hydrogen) atoms. The summed E-state index contributed by atoms with van der Waals surface area (Å²) in [5.74, 6) is 0.142. The van der Waals surface area contributed by atoms with E-state index in [2.05, 4.69) is 15.3 Å². The Bertz CT molecular complexity index is 716. The molecule has 0 bridgehead atoms. The summed E-state index contributed by atoms with van der Waals surface area (Å²) < 4.78 is 25.9. The number of anilines is 1. The number of nitrogens with two attached hydrogens (primary N) is 1. The number of nitrogens with zero attached hydrogens (tertiary/aromatic N) is 2. The lowest BCUT2D eigenvalue weighted by Gasteiger charge is -2.08. The standard InChI is InChI=1S/C12H13N5O3S/c13-7-9-1-3-10(4-2-9)21(19,20)17-12(18)16-11-8-14-5-6-15-11/h1-6,8H,7,13H2,(H2,15,16,17,18). The summed E-state index contributed by atoms with van der Waals surface area (Å²) >= 11 is 0. The van der Waals surface area contributed by atoms with Gasteiger partial charge in [0.15, 0.2) is 5.82 Å². The molecule has 1 heterocycles. The average molecular weight is 307 g/mol. The van der Waals surface area contributed by atoms with Gasteiger partial charge in [-0.25, -0.2) is 22.9 Å². The predicted molar refractivity (Wildman–Crippen MR) is 75.7 cm³/mol. The monoisotopic (exact) mass is 307 g/mol. The van der Waals surface area contributed by atoms with Gasteiger partial charge in [0.05, 0.1) is 11.1 Å². The predicted octanol–water partition coefficient (Wildman–Crippen LogP) is 0.446. The van der Waals surface area contributed by atoms with Gasteiger partial charge in [-0.3, -0.25) is 10.3 Å². The van der Waals surface area contributed by atoms with E-state index in [4.69, 9.17) is 5.73 Å². The summed E-state index contributed by atoms with van der Waals surface area (Å²) in [6.07, 6.45) is 4.09. The van der Waals surface area contributed by atoms with Crippen LogP contribution in [0, 0.1) is 0 Å². The maximum atomic E-state index is 12.0. The maximum absolute atomic E-state index is 12.0. The van der Waals surface area contributed by atoms with Crippen molar-refractivity contribution in [3.05, 3.63) is 48.4 Å². The topological polar surface area (TPSA) is 127 Å². The molecule has 110 valence electrons. The fourth-order valence-corrected chi connectivity index (χ4v) is 2.40. The molecular formula is C12H13N5O3S. The number of hydrogen-bond acceptors (Lipinski definition) is 6. The second-order valence-electron chi connectivity index (χ2n) is 4.00. The van der Waals surface area contributed by atoms with Crippen molar-refractivity contribution in [3.8, 4) is 0 Å². The van der Waals surface area contributed by atoms with Crippen molar-refractivity contribution < 1.29 is 13.2 Å². The molecule has 1 aromatic heterocycles. The Balaban J connectivity index is 2.07. The van der Waals surface area contributed by atoms with Gasteiger partial charge in [0.1, 0.15) is 0 Å². The molecule has 0 spiro atoms. The Morgan fingerprint density at radius 1 is 1.19 bits per heavy atom. The molecule has 0 atom stereocenters. The minimum Gasteiger partial charge on any atom is -0.326 e. The summed E-state index contributed by atoms with van der Waals surface area (Å²) in [5.41, 5.74) is 6.22. The molecule has 0 aliphatic carbocycles. The summed E-state index contributed by atoms with van der Waals surface area (Å²) in [7, 11) is -3.96. The lowest BCUT2D eigenvalue weighted by atomic mass is 10.2. The Morgan fingerprint density at radius 3 is 2.48 bits per heavy atom. The summed E-state index contributed by atoms with van der Waals surface area (Å²) in [4.78, 5) is 19.1. The van der Waals surface area contributed by atoms with Crippen molar-refractivity contribution in [1.82, 2.24) is 14.7 Å². The van der Waals surface area contributed by atoms with Crippen LogP contribution in [0.3, 0.4) is 0 Å². The van der Waals surface area contributed by atoms with E-state index < -0.39 is 16.1 Å². The average Bonchev–Trinajstić information content (AvgIpc) is 2.47. The first-order chi connectivity index (χ1) is 10.0. The van der Waals surface area contributed by atoms with Crippen LogP contribution < -0.4 is 15.8 Å². The summed E-state index contributed by atoms with van der Waals surface area (Å²) in [5, 5.41) is 2.27. The van der Waals surface area contributed by atoms with Gasteiger partial charge in [-0.2, -0.15) is 0 Å². The number of hydrogen-bond donors (Lipinski definition) is 3. The Morgan fingerprint density at radius 2 is 1.90 bits per heavy atom. The molecule has 0 aliphatic heterocycles. The van der Waals surface area contributed by atoms with Crippen LogP contribution >= 0.6 is 0 Å². The van der Waals surface area contributed by atoms with Gasteiger partial charge in [0.2, 0.25) is 0 Å². The third-order valence-electron chi connectivity index (χ3n) is 2.50.